The Bertz CT molecular complexity index is 844. The van der Waals surface area contributed by atoms with Crippen LogP contribution in [0.3, 0.4) is 0 Å². The van der Waals surface area contributed by atoms with Crippen LogP contribution in [0.1, 0.15) is 12.0 Å². The second-order valence-corrected chi connectivity index (χ2v) is 7.60. The summed E-state index contributed by atoms with van der Waals surface area (Å²) >= 11 is 0. The van der Waals surface area contributed by atoms with E-state index in [1.807, 2.05) is 0 Å². The van der Waals surface area contributed by atoms with Gasteiger partial charge in [-0.15, -0.1) is 5.10 Å². The summed E-state index contributed by atoms with van der Waals surface area (Å²) in [6.45, 7) is -0.00876. The van der Waals surface area contributed by atoms with Crippen LogP contribution in [0.5, 0.6) is 0 Å². The van der Waals surface area contributed by atoms with E-state index in [1.165, 1.54) is 0 Å². The molecule has 1 aromatic heterocycles. The lowest BCUT2D eigenvalue weighted by molar-refractivity contribution is -0.137. The molecule has 1 amide bonds. The number of alkyl halides is 3. The Labute approximate surface area is 146 Å². The smallest absolute Gasteiger partial charge is 0.292 e. The minimum atomic E-state index is -4.62. The van der Waals surface area contributed by atoms with Gasteiger partial charge in [-0.05, 0) is 28.0 Å². The molecular formula is C13H14F3N6O3S+. The Morgan fingerprint density at radius 1 is 1.42 bits per heavy atom. The Morgan fingerprint density at radius 2 is 2.19 bits per heavy atom. The van der Waals surface area contributed by atoms with Crippen LogP contribution >= 0.6 is 0 Å². The Balaban J connectivity index is 1.73. The topological polar surface area (TPSA) is 124 Å². The summed E-state index contributed by atoms with van der Waals surface area (Å²) < 4.78 is 62.6. The van der Waals surface area contributed by atoms with E-state index in [0.29, 0.717) is 6.07 Å². The summed E-state index contributed by atoms with van der Waals surface area (Å²) in [6, 6.07) is 3.70. The van der Waals surface area contributed by atoms with Gasteiger partial charge in [-0.3, -0.25) is 10.1 Å². The number of benzene rings is 1. The molecule has 1 unspecified atom stereocenters. The molecule has 0 spiro atoms. The van der Waals surface area contributed by atoms with Crippen molar-refractivity contribution in [1.29, 1.82) is 0 Å². The molecule has 0 radical (unpaired) electrons. The third kappa shape index (κ3) is 3.73. The van der Waals surface area contributed by atoms with Crippen LogP contribution < -0.4 is 5.32 Å². The maximum absolute atomic E-state index is 12.8. The van der Waals surface area contributed by atoms with E-state index in [9.17, 15) is 26.7 Å². The van der Waals surface area contributed by atoms with Gasteiger partial charge in [0.15, 0.2) is 0 Å². The van der Waals surface area contributed by atoms with Crippen molar-refractivity contribution < 1.29 is 26.7 Å². The van der Waals surface area contributed by atoms with Crippen molar-refractivity contribution in [2.45, 2.75) is 17.5 Å². The molecule has 140 valence electrons. The number of H-pyrrole nitrogens is 1. The molecule has 3 N–H and O–H groups in total. The molecule has 26 heavy (non-hydrogen) atoms. The van der Waals surface area contributed by atoms with E-state index in [1.54, 1.807) is 0 Å². The number of hydrogen-bond acceptors (Lipinski definition) is 5. The normalized spacial score (nSPS) is 20.7. The fraction of sp³-hybridized carbons (Fsp3) is 0.385. The minimum Gasteiger partial charge on any atom is -0.292 e. The van der Waals surface area contributed by atoms with Gasteiger partial charge in [0.25, 0.3) is 5.95 Å². The highest BCUT2D eigenvalue weighted by Crippen LogP contribution is 2.34. The summed E-state index contributed by atoms with van der Waals surface area (Å²) in [5.74, 6) is -1.13. The quantitative estimate of drug-likeness (QED) is 0.678. The summed E-state index contributed by atoms with van der Waals surface area (Å²) in [5, 5.41) is 15.0. The van der Waals surface area contributed by atoms with Crippen molar-refractivity contribution in [3.05, 3.63) is 29.8 Å². The molecule has 2 heterocycles. The number of halogens is 3. The maximum Gasteiger partial charge on any atom is 0.416 e. The van der Waals surface area contributed by atoms with Gasteiger partial charge in [0.05, 0.1) is 18.0 Å². The largest absolute Gasteiger partial charge is 0.416 e. The van der Waals surface area contributed by atoms with E-state index in [2.05, 4.69) is 25.9 Å². The van der Waals surface area contributed by atoms with Gasteiger partial charge in [0.2, 0.25) is 10.8 Å². The average Bonchev–Trinajstić information content (AvgIpc) is 3.26. The zero-order valence-electron chi connectivity index (χ0n) is 13.1. The molecule has 3 rings (SSSR count). The van der Waals surface area contributed by atoms with Gasteiger partial charge < -0.3 is 0 Å². The molecule has 2 atom stereocenters. The van der Waals surface area contributed by atoms with E-state index >= 15 is 0 Å². The van der Waals surface area contributed by atoms with Crippen LogP contribution in [0.2, 0.25) is 0 Å². The number of carbonyl (C=O) groups is 1. The highest BCUT2D eigenvalue weighted by Gasteiger charge is 2.46. The molecule has 0 saturated carbocycles. The summed E-state index contributed by atoms with van der Waals surface area (Å²) in [7, 11) is -3.90. The Kier molecular flexibility index (Phi) is 4.77. The predicted octanol–water partition coefficient (Wildman–Crippen LogP) is 1.43. The molecule has 0 bridgehead atoms. The summed E-state index contributed by atoms with van der Waals surface area (Å²) in [4.78, 5) is 11.8. The van der Waals surface area contributed by atoms with E-state index in [4.69, 9.17) is 0 Å². The van der Waals surface area contributed by atoms with Gasteiger partial charge in [0, 0.05) is 12.6 Å². The van der Waals surface area contributed by atoms with E-state index < -0.39 is 34.0 Å². The molecule has 1 aromatic carbocycles. The summed E-state index contributed by atoms with van der Waals surface area (Å²) in [5.41, 5.74) is -1.01. The van der Waals surface area contributed by atoms with Crippen molar-refractivity contribution in [1.82, 2.24) is 24.9 Å². The number of rotatable bonds is 4. The van der Waals surface area contributed by atoms with Gasteiger partial charge in [-0.2, -0.15) is 22.9 Å². The highest BCUT2D eigenvalue weighted by atomic mass is 32.3. The molecule has 1 aliphatic rings. The first-order valence-electron chi connectivity index (χ1n) is 7.41. The van der Waals surface area contributed by atoms with Gasteiger partial charge >= 0.3 is 16.6 Å². The first-order chi connectivity index (χ1) is 12.2. The van der Waals surface area contributed by atoms with Gasteiger partial charge in [0.1, 0.15) is 0 Å². The third-order valence-electron chi connectivity index (χ3n) is 3.92. The lowest BCUT2D eigenvalue weighted by Gasteiger charge is -2.15. The number of aromatic nitrogens is 4. The molecule has 0 aliphatic carbocycles. The fourth-order valence-corrected chi connectivity index (χ4v) is 4.15. The zero-order chi connectivity index (χ0) is 18.9. The zero-order valence-corrected chi connectivity index (χ0v) is 13.9. The van der Waals surface area contributed by atoms with Crippen molar-refractivity contribution in [3.8, 4) is 0 Å². The average molecular weight is 391 g/mol. The number of hydrogen-bond donors (Lipinski definition) is 3. The van der Waals surface area contributed by atoms with Crippen LogP contribution in [0.4, 0.5) is 19.1 Å². The Hall–Kier alpha value is -2.38. The molecule has 1 fully saturated rings. The van der Waals surface area contributed by atoms with Crippen LogP contribution in [-0.2, 0) is 25.6 Å². The first kappa shape index (κ1) is 18.4. The number of amides is 1. The molecular weight excluding hydrogens is 377 g/mol. The number of anilines is 1. The Morgan fingerprint density at radius 3 is 2.85 bits per heavy atom. The number of nitrogens with zero attached hydrogens (tertiary/aromatic N) is 4. The van der Waals surface area contributed by atoms with Gasteiger partial charge in [-0.25, -0.2) is 0 Å². The van der Waals surface area contributed by atoms with Crippen LogP contribution in [0, 0.1) is 5.92 Å². The van der Waals surface area contributed by atoms with Crippen molar-refractivity contribution in [2.24, 2.45) is 5.92 Å². The second kappa shape index (κ2) is 6.74. The first-order valence-corrected chi connectivity index (χ1v) is 8.88. The predicted molar refractivity (Wildman–Crippen MR) is 82.9 cm³/mol. The SMILES string of the molecule is O=C(Nc1nn[nH]n1)[C@H]1CCN([S+](=O)(O)c2cccc(C(F)(F)F)c2)C1. The fourth-order valence-electron chi connectivity index (χ4n) is 2.58. The number of aromatic amines is 1. The lowest BCUT2D eigenvalue weighted by Crippen LogP contribution is -2.36. The maximum atomic E-state index is 12.8. The van der Waals surface area contributed by atoms with Crippen LogP contribution in [0.25, 0.3) is 0 Å². The number of tetrazole rings is 1. The highest BCUT2D eigenvalue weighted by molar-refractivity contribution is 7.95. The second-order valence-electron chi connectivity index (χ2n) is 5.62. The summed E-state index contributed by atoms with van der Waals surface area (Å²) in [6.07, 6.45) is -4.36. The molecule has 13 heteroatoms. The van der Waals surface area contributed by atoms with Crippen molar-refractivity contribution >= 4 is 22.3 Å². The monoisotopic (exact) mass is 391 g/mol. The van der Waals surface area contributed by atoms with Crippen LogP contribution in [0.15, 0.2) is 29.2 Å². The van der Waals surface area contributed by atoms with E-state index in [0.717, 1.165) is 22.5 Å². The number of carbonyl (C=O) groups excluding carboxylic acids is 1. The molecule has 1 saturated heterocycles. The van der Waals surface area contributed by atoms with Crippen molar-refractivity contribution in [2.75, 3.05) is 18.4 Å². The standard InChI is InChI=1S/C13H13F3N6O3S/c14-13(15,16)9-2-1-3-10(6-9)26(24,25)22-5-4-8(7-22)11(23)17-12-18-20-21-19-12/h1-3,6,8H,4-5,7H2,(H2-,17,18,19,20,21,23,24,25)/p+1/t8-/m0/s1. The molecule has 2 aromatic rings. The van der Waals surface area contributed by atoms with Gasteiger partial charge in [-0.1, -0.05) is 15.5 Å². The minimum absolute atomic E-state index is 0.0314. The van der Waals surface area contributed by atoms with Crippen molar-refractivity contribution in [3.63, 3.8) is 0 Å². The molecule has 1 aliphatic heterocycles. The number of nitrogens with one attached hydrogen (secondary N) is 2. The molecule has 9 nitrogen and oxygen atoms in total. The van der Waals surface area contributed by atoms with Crippen LogP contribution in [-0.4, -0.2) is 48.5 Å². The van der Waals surface area contributed by atoms with E-state index in [-0.39, 0.29) is 30.4 Å². The third-order valence-corrected chi connectivity index (χ3v) is 5.82. The lowest BCUT2D eigenvalue weighted by atomic mass is 10.1.